The van der Waals surface area contributed by atoms with E-state index < -0.39 is 0 Å². The summed E-state index contributed by atoms with van der Waals surface area (Å²) in [5, 5.41) is 6.58. The van der Waals surface area contributed by atoms with Crippen LogP contribution in [0.3, 0.4) is 0 Å². The summed E-state index contributed by atoms with van der Waals surface area (Å²) in [4.78, 5) is 37.8. The maximum Gasteiger partial charge on any atom is 0.244 e. The number of carbonyl (C=O) groups is 3. The van der Waals surface area contributed by atoms with Gasteiger partial charge in [-0.3, -0.25) is 14.4 Å². The highest BCUT2D eigenvalue weighted by Crippen LogP contribution is 2.29. The number of anilines is 2. The predicted molar refractivity (Wildman–Crippen MR) is 114 cm³/mol. The lowest BCUT2D eigenvalue weighted by atomic mass is 10.1. The fourth-order valence-corrected chi connectivity index (χ4v) is 3.44. The van der Waals surface area contributed by atoms with E-state index in [0.29, 0.717) is 28.0 Å². The van der Waals surface area contributed by atoms with Gasteiger partial charge in [-0.15, -0.1) is 0 Å². The highest BCUT2D eigenvalue weighted by Gasteiger charge is 2.26. The van der Waals surface area contributed by atoms with Gasteiger partial charge in [-0.2, -0.15) is 0 Å². The van der Waals surface area contributed by atoms with Crippen LogP contribution >= 0.6 is 23.2 Å². The maximum absolute atomic E-state index is 12.5. The smallest absolute Gasteiger partial charge is 0.244 e. The first-order chi connectivity index (χ1) is 13.9. The molecule has 2 aromatic carbocycles. The van der Waals surface area contributed by atoms with E-state index in [1.54, 1.807) is 30.3 Å². The Morgan fingerprint density at radius 1 is 1.07 bits per heavy atom. The lowest BCUT2D eigenvalue weighted by Gasteiger charge is -2.29. The molecule has 3 rings (SSSR count). The molecule has 0 spiro atoms. The van der Waals surface area contributed by atoms with E-state index in [1.807, 2.05) is 12.1 Å². The number of nitrogens with one attached hydrogen (secondary N) is 2. The first-order valence-electron chi connectivity index (χ1n) is 9.34. The van der Waals surface area contributed by atoms with Crippen LogP contribution in [-0.4, -0.2) is 30.8 Å². The average molecular weight is 434 g/mol. The topological polar surface area (TPSA) is 78.5 Å². The average Bonchev–Trinajstić information content (AvgIpc) is 2.71. The van der Waals surface area contributed by atoms with E-state index in [1.165, 1.54) is 4.90 Å². The molecule has 0 aromatic heterocycles. The molecule has 0 fully saturated rings. The van der Waals surface area contributed by atoms with Crippen LogP contribution in [-0.2, 0) is 20.8 Å². The fraction of sp³-hybridized carbons (Fsp3) is 0.286. The minimum atomic E-state index is -0.252. The van der Waals surface area contributed by atoms with Crippen LogP contribution < -0.4 is 15.5 Å². The SMILES string of the molecule is O=C(CCC(=O)N1CC(=O)Nc2ccccc21)NCCCc1ccc(Cl)c(Cl)c1. The molecule has 0 bridgehead atoms. The number of amides is 3. The number of hydrogen-bond donors (Lipinski definition) is 2. The molecular formula is C21H21Cl2N3O3. The summed E-state index contributed by atoms with van der Waals surface area (Å²) in [5.41, 5.74) is 2.30. The molecule has 3 amide bonds. The molecule has 1 aliphatic heterocycles. The highest BCUT2D eigenvalue weighted by molar-refractivity contribution is 6.42. The summed E-state index contributed by atoms with van der Waals surface area (Å²) >= 11 is 11.9. The fourth-order valence-electron chi connectivity index (χ4n) is 3.12. The number of aryl methyl sites for hydroxylation is 1. The van der Waals surface area contributed by atoms with Crippen molar-refractivity contribution in [2.75, 3.05) is 23.3 Å². The van der Waals surface area contributed by atoms with Crippen molar-refractivity contribution in [3.63, 3.8) is 0 Å². The molecule has 29 heavy (non-hydrogen) atoms. The summed E-state index contributed by atoms with van der Waals surface area (Å²) in [5.74, 6) is -0.690. The normalized spacial score (nSPS) is 12.9. The standard InChI is InChI=1S/C21H21Cl2N3O3/c22-15-8-7-14(12-16(15)23)4-3-11-24-19(27)9-10-21(29)26-13-20(28)25-17-5-1-2-6-18(17)26/h1-2,5-8,12H,3-4,9-11,13H2,(H,24,27)(H,25,28). The molecule has 2 N–H and O–H groups in total. The van der Waals surface area contributed by atoms with Gasteiger partial charge in [0.05, 0.1) is 21.4 Å². The monoisotopic (exact) mass is 433 g/mol. The van der Waals surface area contributed by atoms with E-state index in [9.17, 15) is 14.4 Å². The van der Waals surface area contributed by atoms with E-state index >= 15 is 0 Å². The minimum absolute atomic E-state index is 0.0406. The van der Waals surface area contributed by atoms with Crippen molar-refractivity contribution in [3.05, 3.63) is 58.1 Å². The second-order valence-electron chi connectivity index (χ2n) is 6.75. The number of halogens is 2. The summed E-state index contributed by atoms with van der Waals surface area (Å²) < 4.78 is 0. The van der Waals surface area contributed by atoms with Gasteiger partial charge in [0.25, 0.3) is 0 Å². The van der Waals surface area contributed by atoms with Crippen LogP contribution in [0.4, 0.5) is 11.4 Å². The molecule has 2 aromatic rings. The van der Waals surface area contributed by atoms with Gasteiger partial charge in [0, 0.05) is 19.4 Å². The molecule has 6 nitrogen and oxygen atoms in total. The van der Waals surface area contributed by atoms with Crippen LogP contribution in [0, 0.1) is 0 Å². The highest BCUT2D eigenvalue weighted by atomic mass is 35.5. The van der Waals surface area contributed by atoms with Gasteiger partial charge < -0.3 is 15.5 Å². The third kappa shape index (κ3) is 5.71. The zero-order chi connectivity index (χ0) is 20.8. The summed E-state index contributed by atoms with van der Waals surface area (Å²) in [7, 11) is 0. The van der Waals surface area contributed by atoms with Gasteiger partial charge in [0.2, 0.25) is 17.7 Å². The van der Waals surface area contributed by atoms with E-state index in [4.69, 9.17) is 23.2 Å². The van der Waals surface area contributed by atoms with Gasteiger partial charge in [-0.05, 0) is 42.7 Å². The van der Waals surface area contributed by atoms with E-state index in [2.05, 4.69) is 10.6 Å². The Balaban J connectivity index is 1.42. The van der Waals surface area contributed by atoms with E-state index in [0.717, 1.165) is 18.4 Å². The third-order valence-corrected chi connectivity index (χ3v) is 5.33. The quantitative estimate of drug-likeness (QED) is 0.651. The Bertz CT molecular complexity index is 933. The third-order valence-electron chi connectivity index (χ3n) is 4.59. The second-order valence-corrected chi connectivity index (χ2v) is 7.56. The van der Waals surface area contributed by atoms with Gasteiger partial charge in [0.1, 0.15) is 6.54 Å². The molecule has 0 saturated heterocycles. The van der Waals surface area contributed by atoms with E-state index in [-0.39, 0.29) is 37.1 Å². The van der Waals surface area contributed by atoms with Crippen LogP contribution in [0.25, 0.3) is 0 Å². The number of rotatable bonds is 7. The van der Waals surface area contributed by atoms with Crippen molar-refractivity contribution < 1.29 is 14.4 Å². The van der Waals surface area contributed by atoms with Crippen LogP contribution in [0.5, 0.6) is 0 Å². The molecule has 152 valence electrons. The lowest BCUT2D eigenvalue weighted by molar-refractivity contribution is -0.125. The molecular weight excluding hydrogens is 413 g/mol. The van der Waals surface area contributed by atoms with Crippen molar-refractivity contribution in [1.82, 2.24) is 5.32 Å². The predicted octanol–water partition coefficient (Wildman–Crippen LogP) is 3.81. The zero-order valence-corrected chi connectivity index (χ0v) is 17.2. The molecule has 0 saturated carbocycles. The molecule has 1 heterocycles. The Labute approximate surface area is 179 Å². The largest absolute Gasteiger partial charge is 0.356 e. The first-order valence-corrected chi connectivity index (χ1v) is 10.1. The van der Waals surface area contributed by atoms with Crippen molar-refractivity contribution >= 4 is 52.3 Å². The van der Waals surface area contributed by atoms with Crippen molar-refractivity contribution in [3.8, 4) is 0 Å². The lowest BCUT2D eigenvalue weighted by Crippen LogP contribution is -2.42. The first kappa shape index (κ1) is 21.1. The van der Waals surface area contributed by atoms with Gasteiger partial charge in [-0.25, -0.2) is 0 Å². The Morgan fingerprint density at radius 2 is 1.86 bits per heavy atom. The molecule has 8 heteroatoms. The van der Waals surface area contributed by atoms with Gasteiger partial charge in [0.15, 0.2) is 0 Å². The van der Waals surface area contributed by atoms with Crippen LogP contribution in [0.2, 0.25) is 10.0 Å². The van der Waals surface area contributed by atoms with Gasteiger partial charge >= 0.3 is 0 Å². The molecule has 0 aliphatic carbocycles. The Hall–Kier alpha value is -2.57. The molecule has 1 aliphatic rings. The van der Waals surface area contributed by atoms with Crippen molar-refractivity contribution in [2.45, 2.75) is 25.7 Å². The second kappa shape index (κ2) is 9.76. The number of para-hydroxylation sites is 2. The molecule has 0 atom stereocenters. The number of benzene rings is 2. The minimum Gasteiger partial charge on any atom is -0.356 e. The number of hydrogen-bond acceptors (Lipinski definition) is 3. The van der Waals surface area contributed by atoms with Crippen molar-refractivity contribution in [1.29, 1.82) is 0 Å². The van der Waals surface area contributed by atoms with Gasteiger partial charge in [-0.1, -0.05) is 41.4 Å². The molecule has 0 unspecified atom stereocenters. The number of carbonyl (C=O) groups excluding carboxylic acids is 3. The van der Waals surface area contributed by atoms with Crippen LogP contribution in [0.1, 0.15) is 24.8 Å². The molecule has 0 radical (unpaired) electrons. The number of nitrogens with zero attached hydrogens (tertiary/aromatic N) is 1. The summed E-state index contributed by atoms with van der Waals surface area (Å²) in [6.07, 6.45) is 1.62. The Kier molecular flexibility index (Phi) is 7.12. The van der Waals surface area contributed by atoms with Crippen molar-refractivity contribution in [2.24, 2.45) is 0 Å². The summed E-state index contributed by atoms with van der Waals surface area (Å²) in [6, 6.07) is 12.6. The number of fused-ring (bicyclic) bond motifs is 1. The zero-order valence-electron chi connectivity index (χ0n) is 15.7. The van der Waals surface area contributed by atoms with Crippen LogP contribution in [0.15, 0.2) is 42.5 Å². The Morgan fingerprint density at radius 3 is 2.66 bits per heavy atom. The maximum atomic E-state index is 12.5. The summed E-state index contributed by atoms with van der Waals surface area (Å²) in [6.45, 7) is 0.462.